The van der Waals surface area contributed by atoms with Gasteiger partial charge < -0.3 is 0 Å². The summed E-state index contributed by atoms with van der Waals surface area (Å²) in [4.78, 5) is 0. The summed E-state index contributed by atoms with van der Waals surface area (Å²) in [5.74, 6) is 0. The van der Waals surface area contributed by atoms with Crippen LogP contribution in [-0.2, 0) is 35.2 Å². The maximum absolute atomic E-state index is 8.36. The number of pyridine rings is 5. The highest BCUT2D eigenvalue weighted by Crippen LogP contribution is 2.26. The summed E-state index contributed by atoms with van der Waals surface area (Å²) < 4.78 is 113. The van der Waals surface area contributed by atoms with Crippen LogP contribution in [0.15, 0.2) is 182 Å². The fraction of sp³-hybridized carbons (Fsp3) is 0.267. The van der Waals surface area contributed by atoms with Crippen molar-refractivity contribution in [1.29, 1.82) is 0 Å². The Balaban J connectivity index is 0.000000185. The average Bonchev–Trinajstić information content (AvgIpc) is 0.820. The van der Waals surface area contributed by atoms with E-state index in [1.54, 1.807) is 44.1 Å². The number of aryl methyl sites for hydroxylation is 11. The second-order valence-electron chi connectivity index (χ2n) is 21.2. The predicted octanol–water partition coefficient (Wildman–Crippen LogP) is 15.5. The van der Waals surface area contributed by atoms with Gasteiger partial charge in [0.05, 0.1) is 11.0 Å². The highest BCUT2D eigenvalue weighted by molar-refractivity contribution is 5.65. The van der Waals surface area contributed by atoms with Crippen LogP contribution in [0.2, 0.25) is 0 Å². The molecule has 0 radical (unpaired) electrons. The molecule has 10 aromatic rings. The molecule has 10 rings (SSSR count). The zero-order valence-corrected chi connectivity index (χ0v) is 51.1. The van der Waals surface area contributed by atoms with Gasteiger partial charge in [-0.25, -0.2) is 22.8 Å². The largest absolute Gasteiger partial charge is 0.212 e. The number of hydrogen-bond donors (Lipinski definition) is 0. The molecule has 0 N–H and O–H groups in total. The van der Waals surface area contributed by atoms with Crippen LogP contribution in [0, 0.1) is 104 Å². The van der Waals surface area contributed by atoms with E-state index in [1.165, 1.54) is 37.9 Å². The lowest BCUT2D eigenvalue weighted by Gasteiger charge is -2.07. The van der Waals surface area contributed by atoms with E-state index in [1.807, 2.05) is 140 Å². The topological polar surface area (TPSA) is 19.4 Å². The zero-order valence-electron chi connectivity index (χ0n) is 64.1. The van der Waals surface area contributed by atoms with E-state index in [0.29, 0.717) is 52.6 Å². The number of aromatic nitrogens is 5. The van der Waals surface area contributed by atoms with Gasteiger partial charge in [-0.05, 0) is 191 Å². The Hall–Kier alpha value is -8.15. The van der Waals surface area contributed by atoms with E-state index in [2.05, 4.69) is 76.2 Å². The quantitative estimate of drug-likeness (QED) is 0.153. The van der Waals surface area contributed by atoms with Crippen LogP contribution in [0.25, 0.3) is 56.3 Å². The standard InChI is InChI=1S/C16H20N.3C15H18N.C14H16N/c1-11-6-7-15(13(3)8-11)16-9-12(2)14(4)10-17(16)5;2*1-11-5-7-14(13(3)9-11)15-8-6-12(2)10-16(15)4;1-11-5-6-14(13(3)9-11)15-10-12(2)7-8-16(15)4;1-11-7-8-13(12(2)10-11)14-6-4-5-9-15(14)3/h6-10H,1-5H3;3*5-10H,1-4H3;4-10H,1-3H3/q5*+1/i9D,10D;6D,8D,10D;10D;7D,8D,10D;4D,5D,6D,9D. The molecule has 5 heteroatoms. The van der Waals surface area contributed by atoms with E-state index in [9.17, 15) is 0 Å². The van der Waals surface area contributed by atoms with Gasteiger partial charge in [-0.1, -0.05) is 88.5 Å². The third kappa shape index (κ3) is 16.2. The molecular weight excluding hydrogens is 971 g/mol. The SMILES string of the molecule is [2H]c1c(C)c(C)c([2H])[n+](C)c1-c1ccc(C)cc1C.[2H]c1c(C)c([2H])c(-c2ccc(C)cc2C)[n+](C)c1[2H].[2H]c1c(C)ccc(-c2ccc(C)cc2C)[n+]1C.[2H]c1c([2H])c(-c2ccc(C)cc2C)[n+](C)c([2H])c1C.[2H]c1c([2H])c([2H])[n+](C)c(-c2ccc(C)cc2C)c1[2H]. The molecule has 0 saturated carbocycles. The molecular formula is C75H90N5+5. The summed E-state index contributed by atoms with van der Waals surface area (Å²) >= 11 is 0. The van der Waals surface area contributed by atoms with Crippen LogP contribution >= 0.6 is 0 Å². The van der Waals surface area contributed by atoms with Gasteiger partial charge in [0, 0.05) is 86.8 Å². The fourth-order valence-corrected chi connectivity index (χ4v) is 9.54. The molecule has 0 aliphatic rings. The minimum absolute atomic E-state index is 0.00421. The molecule has 5 nitrogen and oxygen atoms in total. The molecule has 0 unspecified atom stereocenters. The Labute approximate surface area is 500 Å². The third-order valence-electron chi connectivity index (χ3n) is 13.8. The molecule has 0 aliphatic heterocycles. The highest BCUT2D eigenvalue weighted by atomic mass is 14.9. The normalized spacial score (nSPS) is 12.8. The Bertz CT molecular complexity index is 3970. The maximum Gasteiger partial charge on any atom is 0.212 e. The first-order chi connectivity index (χ1) is 43.4. The summed E-state index contributed by atoms with van der Waals surface area (Å²) in [6, 6.07) is 35.6. The highest BCUT2D eigenvalue weighted by Gasteiger charge is 2.17. The molecule has 0 saturated heterocycles. The Morgan fingerprint density at radius 1 is 0.250 bits per heavy atom. The molecule has 0 spiro atoms. The van der Waals surface area contributed by atoms with Gasteiger partial charge in [-0.3, -0.25) is 0 Å². The monoisotopic (exact) mass is 1070 g/mol. The van der Waals surface area contributed by atoms with Crippen molar-refractivity contribution < 1.29 is 40.7 Å². The second-order valence-corrected chi connectivity index (χ2v) is 21.2. The van der Waals surface area contributed by atoms with Crippen molar-refractivity contribution in [2.24, 2.45) is 35.2 Å². The van der Waals surface area contributed by atoms with Gasteiger partial charge in [-0.15, -0.1) is 0 Å². The second kappa shape index (κ2) is 27.6. The summed E-state index contributed by atoms with van der Waals surface area (Å²) in [5, 5.41) is 0. The van der Waals surface area contributed by atoms with Crippen molar-refractivity contribution in [3.05, 3.63) is 266 Å². The molecule has 0 amide bonds. The maximum atomic E-state index is 8.36. The summed E-state index contributed by atoms with van der Waals surface area (Å²) in [6.45, 7) is 29.6. The minimum Gasteiger partial charge on any atom is -0.201 e. The number of hydrogen-bond acceptors (Lipinski definition) is 0. The number of nitrogens with zero attached hydrogens (tertiary/aromatic N) is 5. The summed E-state index contributed by atoms with van der Waals surface area (Å²) in [7, 11) is 8.99. The van der Waals surface area contributed by atoms with Gasteiger partial charge in [0.15, 0.2) is 30.9 Å². The lowest BCUT2D eigenvalue weighted by Crippen LogP contribution is -2.31. The molecule has 0 fully saturated rings. The van der Waals surface area contributed by atoms with Crippen LogP contribution in [0.4, 0.5) is 0 Å². The molecule has 80 heavy (non-hydrogen) atoms. The van der Waals surface area contributed by atoms with Gasteiger partial charge in [-0.2, -0.15) is 0 Å². The predicted molar refractivity (Wildman–Crippen MR) is 336 cm³/mol. The Morgan fingerprint density at radius 2 is 0.613 bits per heavy atom. The van der Waals surface area contributed by atoms with Gasteiger partial charge in [0.25, 0.3) is 0 Å². The van der Waals surface area contributed by atoms with Crippen molar-refractivity contribution in [3.8, 4) is 56.3 Å². The molecule has 0 bridgehead atoms. The average molecular weight is 1070 g/mol. The van der Waals surface area contributed by atoms with Gasteiger partial charge >= 0.3 is 0 Å². The first-order valence-corrected chi connectivity index (χ1v) is 27.1. The van der Waals surface area contributed by atoms with Crippen molar-refractivity contribution in [3.63, 3.8) is 0 Å². The smallest absolute Gasteiger partial charge is 0.201 e. The molecule has 0 atom stereocenters. The first kappa shape index (κ1) is 44.7. The number of rotatable bonds is 5. The molecule has 410 valence electrons. The van der Waals surface area contributed by atoms with Crippen molar-refractivity contribution in [1.82, 2.24) is 0 Å². The Morgan fingerprint density at radius 3 is 1.07 bits per heavy atom. The molecule has 5 aromatic carbocycles. The van der Waals surface area contributed by atoms with Crippen LogP contribution in [-0.4, -0.2) is 0 Å². The minimum atomic E-state index is -0.207. The van der Waals surface area contributed by atoms with Crippen LogP contribution in [0.5, 0.6) is 0 Å². The van der Waals surface area contributed by atoms with Crippen LogP contribution < -0.4 is 22.8 Å². The van der Waals surface area contributed by atoms with E-state index in [4.69, 9.17) is 17.8 Å². The Kier molecular flexibility index (Phi) is 15.4. The van der Waals surface area contributed by atoms with Crippen LogP contribution in [0.3, 0.4) is 0 Å². The molecule has 5 heterocycles. The molecule has 5 aromatic heterocycles. The number of benzene rings is 5. The molecule has 0 aliphatic carbocycles. The fourth-order valence-electron chi connectivity index (χ4n) is 9.54. The summed E-state index contributed by atoms with van der Waals surface area (Å²) in [6.07, 6.45) is 1.43. The van der Waals surface area contributed by atoms with Gasteiger partial charge in [0.2, 0.25) is 28.5 Å². The summed E-state index contributed by atoms with van der Waals surface area (Å²) in [5.41, 5.74) is 24.1. The lowest BCUT2D eigenvalue weighted by molar-refractivity contribution is -0.660. The van der Waals surface area contributed by atoms with E-state index < -0.39 is 0 Å². The van der Waals surface area contributed by atoms with Gasteiger partial charge in [0.1, 0.15) is 42.1 Å². The van der Waals surface area contributed by atoms with Crippen LogP contribution in [0.1, 0.15) is 101 Å². The third-order valence-corrected chi connectivity index (χ3v) is 13.8. The van der Waals surface area contributed by atoms with Crippen molar-refractivity contribution in [2.45, 2.75) is 104 Å². The lowest BCUT2D eigenvalue weighted by atomic mass is 10.0. The van der Waals surface area contributed by atoms with E-state index in [0.717, 1.165) is 78.1 Å². The van der Waals surface area contributed by atoms with Crippen molar-refractivity contribution >= 4 is 0 Å². The van der Waals surface area contributed by atoms with Crippen molar-refractivity contribution in [2.75, 3.05) is 0 Å². The zero-order chi connectivity index (χ0) is 69.8. The first-order valence-electron chi connectivity index (χ1n) is 33.6. The van der Waals surface area contributed by atoms with E-state index >= 15 is 0 Å². The van der Waals surface area contributed by atoms with E-state index in [-0.39, 0.29) is 54.8 Å².